The zero-order chi connectivity index (χ0) is 19.2. The van der Waals surface area contributed by atoms with E-state index in [0.717, 1.165) is 18.5 Å². The molecule has 0 bridgehead atoms. The van der Waals surface area contributed by atoms with Crippen molar-refractivity contribution in [2.24, 2.45) is 10.7 Å². The zero-order valence-corrected chi connectivity index (χ0v) is 17.0. The molecule has 6 nitrogen and oxygen atoms in total. The topological polar surface area (TPSA) is 87.8 Å². The SMILES string of the molecule is CCc1cccc(CC)c1NC(N)=NCCN(C)S(=O)(=O)c1cccs1. The second-order valence-corrected chi connectivity index (χ2v) is 9.03. The Morgan fingerprint density at radius 1 is 1.19 bits per heavy atom. The van der Waals surface area contributed by atoms with Crippen LogP contribution in [0.2, 0.25) is 0 Å². The van der Waals surface area contributed by atoms with Crippen LogP contribution in [0.25, 0.3) is 0 Å². The lowest BCUT2D eigenvalue weighted by Gasteiger charge is -2.16. The summed E-state index contributed by atoms with van der Waals surface area (Å²) in [7, 11) is -1.90. The zero-order valence-electron chi connectivity index (χ0n) is 15.4. The summed E-state index contributed by atoms with van der Waals surface area (Å²) in [6.45, 7) is 4.74. The highest BCUT2D eigenvalue weighted by Crippen LogP contribution is 2.22. The minimum atomic E-state index is -3.45. The van der Waals surface area contributed by atoms with Crippen molar-refractivity contribution >= 4 is 33.0 Å². The number of para-hydroxylation sites is 1. The Morgan fingerprint density at radius 3 is 2.38 bits per heavy atom. The van der Waals surface area contributed by atoms with Gasteiger partial charge in [0.1, 0.15) is 4.21 Å². The number of hydrogen-bond acceptors (Lipinski definition) is 4. The minimum absolute atomic E-state index is 0.263. The molecule has 0 amide bonds. The van der Waals surface area contributed by atoms with Crippen LogP contribution in [0.4, 0.5) is 5.69 Å². The maximum Gasteiger partial charge on any atom is 0.252 e. The first-order valence-electron chi connectivity index (χ1n) is 8.57. The minimum Gasteiger partial charge on any atom is -0.370 e. The highest BCUT2D eigenvalue weighted by Gasteiger charge is 2.21. The number of aliphatic imine (C=N–C) groups is 1. The van der Waals surface area contributed by atoms with Gasteiger partial charge in [-0.3, -0.25) is 4.99 Å². The second-order valence-electron chi connectivity index (χ2n) is 5.81. The quantitative estimate of drug-likeness (QED) is 0.532. The Balaban J connectivity index is 2.01. The first-order chi connectivity index (χ1) is 12.4. The number of nitrogens with zero attached hydrogens (tertiary/aromatic N) is 2. The monoisotopic (exact) mass is 394 g/mol. The Morgan fingerprint density at radius 2 is 1.85 bits per heavy atom. The predicted molar refractivity (Wildman–Crippen MR) is 109 cm³/mol. The van der Waals surface area contributed by atoms with Gasteiger partial charge in [0.25, 0.3) is 10.0 Å². The van der Waals surface area contributed by atoms with Crippen LogP contribution in [-0.2, 0) is 22.9 Å². The van der Waals surface area contributed by atoms with Gasteiger partial charge >= 0.3 is 0 Å². The number of nitrogens with two attached hydrogens (primary N) is 1. The Kier molecular flexibility index (Phi) is 7.19. The predicted octanol–water partition coefficient (Wildman–Crippen LogP) is 2.92. The van der Waals surface area contributed by atoms with Crippen molar-refractivity contribution in [3.63, 3.8) is 0 Å². The molecular formula is C18H26N4O2S2. The molecule has 1 heterocycles. The molecule has 0 aliphatic rings. The summed E-state index contributed by atoms with van der Waals surface area (Å²) in [6.07, 6.45) is 1.79. The smallest absolute Gasteiger partial charge is 0.252 e. The average molecular weight is 395 g/mol. The van der Waals surface area contributed by atoms with Crippen molar-refractivity contribution in [2.75, 3.05) is 25.5 Å². The first-order valence-corrected chi connectivity index (χ1v) is 10.9. The Labute approximate surface area is 159 Å². The van der Waals surface area contributed by atoms with E-state index in [4.69, 9.17) is 5.73 Å². The molecule has 1 aromatic heterocycles. The van der Waals surface area contributed by atoms with Crippen LogP contribution in [-0.4, -0.2) is 38.8 Å². The fourth-order valence-electron chi connectivity index (χ4n) is 2.57. The Hall–Kier alpha value is -1.90. The van der Waals surface area contributed by atoms with Crippen LogP contribution in [0.5, 0.6) is 0 Å². The van der Waals surface area contributed by atoms with Crippen molar-refractivity contribution in [1.29, 1.82) is 0 Å². The highest BCUT2D eigenvalue weighted by atomic mass is 32.2. The molecule has 0 saturated carbocycles. The van der Waals surface area contributed by atoms with E-state index in [2.05, 4.69) is 36.3 Å². The number of anilines is 1. The maximum absolute atomic E-state index is 12.4. The Bertz CT molecular complexity index is 824. The van der Waals surface area contributed by atoms with Gasteiger partial charge in [0, 0.05) is 19.3 Å². The summed E-state index contributed by atoms with van der Waals surface area (Å²) in [4.78, 5) is 4.29. The molecule has 0 aliphatic heterocycles. The fraction of sp³-hybridized carbons (Fsp3) is 0.389. The van der Waals surface area contributed by atoms with Gasteiger partial charge in [-0.2, -0.15) is 4.31 Å². The standard InChI is InChI=1S/C18H26N4O2S2/c1-4-14-8-6-9-15(5-2)17(14)21-18(19)20-11-12-22(3)26(23,24)16-10-7-13-25-16/h6-10,13H,4-5,11-12H2,1-3H3,(H3,19,20,21). The molecule has 2 rings (SSSR count). The van der Waals surface area contributed by atoms with Crippen molar-refractivity contribution in [3.8, 4) is 0 Å². The van der Waals surface area contributed by atoms with Crippen molar-refractivity contribution in [3.05, 3.63) is 46.8 Å². The number of benzene rings is 1. The van der Waals surface area contributed by atoms with Crippen LogP contribution in [0.1, 0.15) is 25.0 Å². The molecule has 0 fully saturated rings. The number of rotatable bonds is 8. The molecule has 0 spiro atoms. The third-order valence-electron chi connectivity index (χ3n) is 4.11. The summed E-state index contributed by atoms with van der Waals surface area (Å²) in [5.41, 5.74) is 9.38. The van der Waals surface area contributed by atoms with Crippen molar-refractivity contribution in [2.45, 2.75) is 30.9 Å². The molecule has 8 heteroatoms. The number of guanidine groups is 1. The van der Waals surface area contributed by atoms with Gasteiger partial charge < -0.3 is 11.1 Å². The summed E-state index contributed by atoms with van der Waals surface area (Å²) in [5, 5.41) is 4.93. The van der Waals surface area contributed by atoms with E-state index in [1.54, 1.807) is 24.6 Å². The molecule has 0 unspecified atom stereocenters. The summed E-state index contributed by atoms with van der Waals surface area (Å²) in [5.74, 6) is 0.294. The molecule has 142 valence electrons. The summed E-state index contributed by atoms with van der Waals surface area (Å²) < 4.78 is 26.4. The molecule has 0 aliphatic carbocycles. The van der Waals surface area contributed by atoms with Gasteiger partial charge in [-0.1, -0.05) is 38.1 Å². The normalized spacial score (nSPS) is 12.5. The van der Waals surface area contributed by atoms with Gasteiger partial charge in [0.2, 0.25) is 0 Å². The van der Waals surface area contributed by atoms with Crippen LogP contribution in [0.3, 0.4) is 0 Å². The van der Waals surface area contributed by atoms with E-state index in [1.807, 2.05) is 6.07 Å². The van der Waals surface area contributed by atoms with Gasteiger partial charge in [-0.25, -0.2) is 8.42 Å². The summed E-state index contributed by atoms with van der Waals surface area (Å²) >= 11 is 1.21. The molecule has 0 saturated heterocycles. The molecule has 1 aromatic carbocycles. The van der Waals surface area contributed by atoms with Crippen LogP contribution < -0.4 is 11.1 Å². The number of sulfonamides is 1. The van der Waals surface area contributed by atoms with Crippen LogP contribution in [0, 0.1) is 0 Å². The van der Waals surface area contributed by atoms with E-state index in [9.17, 15) is 8.42 Å². The third-order valence-corrected chi connectivity index (χ3v) is 7.34. The molecule has 2 aromatic rings. The lowest BCUT2D eigenvalue weighted by atomic mass is 10.0. The van der Waals surface area contributed by atoms with E-state index in [-0.39, 0.29) is 13.1 Å². The van der Waals surface area contributed by atoms with Crippen molar-refractivity contribution in [1.82, 2.24) is 4.31 Å². The van der Waals surface area contributed by atoms with E-state index < -0.39 is 10.0 Å². The third kappa shape index (κ3) is 4.84. The number of aryl methyl sites for hydroxylation is 2. The lowest BCUT2D eigenvalue weighted by molar-refractivity contribution is 0.479. The number of thiophene rings is 1. The first kappa shape index (κ1) is 20.4. The molecule has 0 radical (unpaired) electrons. The molecule has 0 atom stereocenters. The maximum atomic E-state index is 12.4. The van der Waals surface area contributed by atoms with Gasteiger partial charge in [-0.05, 0) is 35.4 Å². The fourth-order valence-corrected chi connectivity index (χ4v) is 4.93. The largest absolute Gasteiger partial charge is 0.370 e. The summed E-state index contributed by atoms with van der Waals surface area (Å²) in [6, 6.07) is 9.50. The van der Waals surface area contributed by atoms with E-state index >= 15 is 0 Å². The molecule has 26 heavy (non-hydrogen) atoms. The van der Waals surface area contributed by atoms with E-state index in [0.29, 0.717) is 10.2 Å². The van der Waals surface area contributed by atoms with Gasteiger partial charge in [0.15, 0.2) is 5.96 Å². The molecule has 3 N–H and O–H groups in total. The number of nitrogens with one attached hydrogen (secondary N) is 1. The highest BCUT2D eigenvalue weighted by molar-refractivity contribution is 7.91. The van der Waals surface area contributed by atoms with E-state index in [1.165, 1.54) is 26.8 Å². The van der Waals surface area contributed by atoms with Crippen LogP contribution in [0.15, 0.2) is 44.9 Å². The van der Waals surface area contributed by atoms with Gasteiger partial charge in [0.05, 0.1) is 6.54 Å². The number of hydrogen-bond donors (Lipinski definition) is 2. The lowest BCUT2D eigenvalue weighted by Crippen LogP contribution is -2.30. The number of likely N-dealkylation sites (N-methyl/N-ethyl adjacent to an activating group) is 1. The molecular weight excluding hydrogens is 368 g/mol. The second kappa shape index (κ2) is 9.16. The average Bonchev–Trinajstić information content (AvgIpc) is 3.17. The van der Waals surface area contributed by atoms with Gasteiger partial charge in [-0.15, -0.1) is 11.3 Å². The van der Waals surface area contributed by atoms with Crippen LogP contribution >= 0.6 is 11.3 Å². The van der Waals surface area contributed by atoms with Crippen molar-refractivity contribution < 1.29 is 8.42 Å².